The fourth-order valence-corrected chi connectivity index (χ4v) is 4.65. The van der Waals surface area contributed by atoms with E-state index in [0.717, 1.165) is 11.8 Å². The summed E-state index contributed by atoms with van der Waals surface area (Å²) in [6.45, 7) is 1.17. The molecule has 3 rings (SSSR count). The summed E-state index contributed by atoms with van der Waals surface area (Å²) >= 11 is 1.73. The molecule has 2 bridgehead atoms. The molecule has 0 amide bonds. The number of nitrogens with one attached hydrogen (secondary N) is 1. The summed E-state index contributed by atoms with van der Waals surface area (Å²) in [6.07, 6.45) is 7.03. The van der Waals surface area contributed by atoms with Crippen LogP contribution in [-0.2, 0) is 6.42 Å². The Hall–Kier alpha value is -0.410. The van der Waals surface area contributed by atoms with Gasteiger partial charge >= 0.3 is 0 Å². The van der Waals surface area contributed by atoms with Crippen molar-refractivity contribution in [3.05, 3.63) is 16.6 Å². The summed E-state index contributed by atoms with van der Waals surface area (Å²) < 4.78 is 0. The van der Waals surface area contributed by atoms with Gasteiger partial charge in [-0.2, -0.15) is 0 Å². The minimum atomic E-state index is 0.520. The van der Waals surface area contributed by atoms with Gasteiger partial charge in [-0.15, -0.1) is 11.3 Å². The zero-order valence-electron chi connectivity index (χ0n) is 9.91. The first kappa shape index (κ1) is 10.7. The second kappa shape index (κ2) is 4.11. The maximum absolute atomic E-state index is 4.48. The predicted molar refractivity (Wildman–Crippen MR) is 67.6 cm³/mol. The Morgan fingerprint density at radius 3 is 3.06 bits per heavy atom. The standard InChI is InChI=1S/C13H20N2S/c1-14-8-13(6-12-7-16-9-15-12)5-10-2-3-11(13)4-10/h7,9-11,14H,2-6,8H2,1H3. The van der Waals surface area contributed by atoms with Crippen LogP contribution < -0.4 is 5.32 Å². The number of fused-ring (bicyclic) bond motifs is 2. The molecule has 2 aliphatic carbocycles. The van der Waals surface area contributed by atoms with Gasteiger partial charge in [-0.1, -0.05) is 6.42 Å². The van der Waals surface area contributed by atoms with Crippen molar-refractivity contribution in [3.8, 4) is 0 Å². The molecular formula is C13H20N2S. The van der Waals surface area contributed by atoms with Crippen molar-refractivity contribution < 1.29 is 0 Å². The third kappa shape index (κ3) is 1.70. The molecule has 2 saturated carbocycles. The largest absolute Gasteiger partial charge is 0.319 e. The molecule has 16 heavy (non-hydrogen) atoms. The topological polar surface area (TPSA) is 24.9 Å². The molecule has 2 aliphatic rings. The van der Waals surface area contributed by atoms with E-state index in [0.29, 0.717) is 5.41 Å². The van der Waals surface area contributed by atoms with Gasteiger partial charge in [0.2, 0.25) is 0 Å². The average Bonchev–Trinajstić information content (AvgIpc) is 2.93. The van der Waals surface area contributed by atoms with E-state index in [9.17, 15) is 0 Å². The number of rotatable bonds is 4. The number of aromatic nitrogens is 1. The highest BCUT2D eigenvalue weighted by Crippen LogP contribution is 2.56. The van der Waals surface area contributed by atoms with Crippen LogP contribution >= 0.6 is 11.3 Å². The van der Waals surface area contributed by atoms with Crippen molar-refractivity contribution >= 4 is 11.3 Å². The van der Waals surface area contributed by atoms with Crippen molar-refractivity contribution in [2.75, 3.05) is 13.6 Å². The maximum Gasteiger partial charge on any atom is 0.0794 e. The number of hydrogen-bond acceptors (Lipinski definition) is 3. The molecular weight excluding hydrogens is 216 g/mol. The van der Waals surface area contributed by atoms with E-state index in [1.807, 2.05) is 5.51 Å². The summed E-state index contributed by atoms with van der Waals surface area (Å²) in [4.78, 5) is 4.48. The van der Waals surface area contributed by atoms with E-state index in [4.69, 9.17) is 0 Å². The van der Waals surface area contributed by atoms with Gasteiger partial charge in [-0.3, -0.25) is 0 Å². The van der Waals surface area contributed by atoms with Crippen LogP contribution in [-0.4, -0.2) is 18.6 Å². The van der Waals surface area contributed by atoms with Crippen LogP contribution in [0.5, 0.6) is 0 Å². The van der Waals surface area contributed by atoms with E-state index < -0.39 is 0 Å². The lowest BCUT2D eigenvalue weighted by Crippen LogP contribution is -2.39. The van der Waals surface area contributed by atoms with Crippen LogP contribution in [0.15, 0.2) is 10.9 Å². The molecule has 1 aromatic heterocycles. The molecule has 0 saturated heterocycles. The van der Waals surface area contributed by atoms with E-state index in [-0.39, 0.29) is 0 Å². The normalized spacial score (nSPS) is 37.1. The van der Waals surface area contributed by atoms with Gasteiger partial charge in [0.15, 0.2) is 0 Å². The van der Waals surface area contributed by atoms with Crippen molar-refractivity contribution in [1.29, 1.82) is 0 Å². The molecule has 0 spiro atoms. The lowest BCUT2D eigenvalue weighted by Gasteiger charge is -2.37. The first-order valence-corrected chi connectivity index (χ1v) is 7.28. The molecule has 1 N–H and O–H groups in total. The predicted octanol–water partition coefficient (Wildman–Crippen LogP) is 2.71. The van der Waals surface area contributed by atoms with Crippen LogP contribution in [0.1, 0.15) is 31.4 Å². The lowest BCUT2D eigenvalue weighted by molar-refractivity contribution is 0.158. The van der Waals surface area contributed by atoms with Crippen LogP contribution in [0.2, 0.25) is 0 Å². The minimum absolute atomic E-state index is 0.520. The number of hydrogen-bond donors (Lipinski definition) is 1. The van der Waals surface area contributed by atoms with Crippen molar-refractivity contribution in [3.63, 3.8) is 0 Å². The first-order valence-electron chi connectivity index (χ1n) is 6.34. The third-order valence-corrected chi connectivity index (χ3v) is 5.28. The number of thiazole rings is 1. The highest BCUT2D eigenvalue weighted by Gasteiger charge is 2.50. The van der Waals surface area contributed by atoms with E-state index in [2.05, 4.69) is 22.7 Å². The Bertz CT molecular complexity index is 349. The van der Waals surface area contributed by atoms with Crippen molar-refractivity contribution in [2.24, 2.45) is 17.3 Å². The molecule has 0 radical (unpaired) electrons. The van der Waals surface area contributed by atoms with Gasteiger partial charge in [-0.05, 0) is 50.0 Å². The summed E-state index contributed by atoms with van der Waals surface area (Å²) in [6, 6.07) is 0. The third-order valence-electron chi connectivity index (χ3n) is 4.65. The molecule has 2 fully saturated rings. The molecule has 3 heteroatoms. The summed E-state index contributed by atoms with van der Waals surface area (Å²) in [5, 5.41) is 5.65. The van der Waals surface area contributed by atoms with Gasteiger partial charge in [0, 0.05) is 11.9 Å². The summed E-state index contributed by atoms with van der Waals surface area (Å²) in [5.74, 6) is 1.96. The van der Waals surface area contributed by atoms with Crippen LogP contribution in [0, 0.1) is 17.3 Å². The Balaban J connectivity index is 1.81. The molecule has 3 unspecified atom stereocenters. The van der Waals surface area contributed by atoms with Crippen LogP contribution in [0.25, 0.3) is 0 Å². The number of nitrogens with zero attached hydrogens (tertiary/aromatic N) is 1. The van der Waals surface area contributed by atoms with Gasteiger partial charge in [0.25, 0.3) is 0 Å². The Morgan fingerprint density at radius 2 is 2.50 bits per heavy atom. The smallest absolute Gasteiger partial charge is 0.0794 e. The quantitative estimate of drug-likeness (QED) is 0.869. The molecule has 1 heterocycles. The van der Waals surface area contributed by atoms with Gasteiger partial charge in [0.05, 0.1) is 11.2 Å². The van der Waals surface area contributed by atoms with Crippen LogP contribution in [0.4, 0.5) is 0 Å². The van der Waals surface area contributed by atoms with Gasteiger partial charge in [-0.25, -0.2) is 4.98 Å². The van der Waals surface area contributed by atoms with Crippen molar-refractivity contribution in [2.45, 2.75) is 32.1 Å². The second-order valence-corrected chi connectivity index (χ2v) is 6.35. The Morgan fingerprint density at radius 1 is 1.56 bits per heavy atom. The lowest BCUT2D eigenvalue weighted by atomic mass is 9.70. The Labute approximate surface area is 101 Å². The zero-order chi connectivity index (χ0) is 11.0. The monoisotopic (exact) mass is 236 g/mol. The van der Waals surface area contributed by atoms with Crippen molar-refractivity contribution in [1.82, 2.24) is 10.3 Å². The molecule has 2 nitrogen and oxygen atoms in total. The highest BCUT2D eigenvalue weighted by molar-refractivity contribution is 7.07. The van der Waals surface area contributed by atoms with E-state index in [1.54, 1.807) is 11.3 Å². The summed E-state index contributed by atoms with van der Waals surface area (Å²) in [7, 11) is 2.09. The van der Waals surface area contributed by atoms with Gasteiger partial charge < -0.3 is 5.32 Å². The second-order valence-electron chi connectivity index (χ2n) is 5.63. The summed E-state index contributed by atoms with van der Waals surface area (Å²) in [5.41, 5.74) is 3.80. The average molecular weight is 236 g/mol. The van der Waals surface area contributed by atoms with E-state index in [1.165, 1.54) is 44.3 Å². The molecule has 0 aromatic carbocycles. The fraction of sp³-hybridized carbons (Fsp3) is 0.769. The SMILES string of the molecule is CNCC1(Cc2cscn2)CC2CCC1C2. The molecule has 88 valence electrons. The van der Waals surface area contributed by atoms with E-state index >= 15 is 0 Å². The highest BCUT2D eigenvalue weighted by atomic mass is 32.1. The maximum atomic E-state index is 4.48. The fourth-order valence-electron chi connectivity index (χ4n) is 4.09. The zero-order valence-corrected chi connectivity index (χ0v) is 10.7. The molecule has 1 aromatic rings. The minimum Gasteiger partial charge on any atom is -0.319 e. The first-order chi connectivity index (χ1) is 7.82. The van der Waals surface area contributed by atoms with Gasteiger partial charge in [0.1, 0.15) is 0 Å². The molecule has 3 atom stereocenters. The molecule has 0 aliphatic heterocycles. The Kier molecular flexibility index (Phi) is 2.76. The van der Waals surface area contributed by atoms with Crippen LogP contribution in [0.3, 0.4) is 0 Å².